The SMILES string of the molecule is CCN(C)c1cc(NCCCn2cccc2)ncn1. The molecule has 0 aliphatic carbocycles. The third-order valence-corrected chi connectivity index (χ3v) is 3.08. The Bertz CT molecular complexity index is 480. The molecule has 0 saturated carbocycles. The lowest BCUT2D eigenvalue weighted by Crippen LogP contribution is -2.17. The van der Waals surface area contributed by atoms with Crippen LogP contribution < -0.4 is 10.2 Å². The number of nitrogens with one attached hydrogen (secondary N) is 1. The number of aryl methyl sites for hydroxylation is 1. The number of hydrogen-bond acceptors (Lipinski definition) is 4. The van der Waals surface area contributed by atoms with Crippen LogP contribution in [0.5, 0.6) is 0 Å². The van der Waals surface area contributed by atoms with E-state index in [9.17, 15) is 0 Å². The summed E-state index contributed by atoms with van der Waals surface area (Å²) in [6, 6.07) is 6.08. The highest BCUT2D eigenvalue weighted by atomic mass is 15.2. The van der Waals surface area contributed by atoms with E-state index in [0.29, 0.717) is 0 Å². The molecule has 19 heavy (non-hydrogen) atoms. The molecule has 0 saturated heterocycles. The molecule has 2 aromatic rings. The van der Waals surface area contributed by atoms with Crippen LogP contribution in [0.3, 0.4) is 0 Å². The Labute approximate surface area is 114 Å². The summed E-state index contributed by atoms with van der Waals surface area (Å²) in [6.07, 6.45) is 6.84. The monoisotopic (exact) mass is 259 g/mol. The summed E-state index contributed by atoms with van der Waals surface area (Å²) in [7, 11) is 2.03. The number of hydrogen-bond donors (Lipinski definition) is 1. The normalized spacial score (nSPS) is 10.4. The van der Waals surface area contributed by atoms with Crippen molar-refractivity contribution in [2.75, 3.05) is 30.4 Å². The van der Waals surface area contributed by atoms with E-state index in [0.717, 1.165) is 37.7 Å². The van der Waals surface area contributed by atoms with E-state index in [1.54, 1.807) is 6.33 Å². The summed E-state index contributed by atoms with van der Waals surface area (Å²) in [6.45, 7) is 4.97. The molecule has 0 spiro atoms. The maximum Gasteiger partial charge on any atom is 0.133 e. The van der Waals surface area contributed by atoms with Crippen molar-refractivity contribution < 1.29 is 0 Å². The summed E-state index contributed by atoms with van der Waals surface area (Å²) in [5.41, 5.74) is 0. The molecule has 5 heteroatoms. The van der Waals surface area contributed by atoms with Crippen LogP contribution >= 0.6 is 0 Å². The lowest BCUT2D eigenvalue weighted by molar-refractivity contribution is 0.664. The zero-order valence-electron chi connectivity index (χ0n) is 11.6. The fraction of sp³-hybridized carbons (Fsp3) is 0.429. The number of rotatable bonds is 7. The second kappa shape index (κ2) is 6.78. The molecule has 2 rings (SSSR count). The predicted molar refractivity (Wildman–Crippen MR) is 78.5 cm³/mol. The van der Waals surface area contributed by atoms with Crippen LogP contribution in [0.2, 0.25) is 0 Å². The van der Waals surface area contributed by atoms with Crippen molar-refractivity contribution in [2.45, 2.75) is 19.9 Å². The second-order valence-corrected chi connectivity index (χ2v) is 4.48. The van der Waals surface area contributed by atoms with Crippen LogP contribution in [0.15, 0.2) is 36.9 Å². The first-order chi connectivity index (χ1) is 9.29. The number of anilines is 2. The van der Waals surface area contributed by atoms with E-state index in [1.165, 1.54) is 0 Å². The zero-order valence-corrected chi connectivity index (χ0v) is 11.6. The first-order valence-electron chi connectivity index (χ1n) is 6.67. The average molecular weight is 259 g/mol. The van der Waals surface area contributed by atoms with E-state index in [2.05, 4.69) is 44.1 Å². The fourth-order valence-electron chi connectivity index (χ4n) is 1.81. The highest BCUT2D eigenvalue weighted by Gasteiger charge is 2.01. The van der Waals surface area contributed by atoms with Gasteiger partial charge in [-0.2, -0.15) is 0 Å². The number of nitrogens with zero attached hydrogens (tertiary/aromatic N) is 4. The van der Waals surface area contributed by atoms with Crippen molar-refractivity contribution in [3.05, 3.63) is 36.9 Å². The lowest BCUT2D eigenvalue weighted by atomic mass is 10.4. The summed E-state index contributed by atoms with van der Waals surface area (Å²) >= 11 is 0. The van der Waals surface area contributed by atoms with Crippen LogP contribution in [-0.2, 0) is 6.54 Å². The maximum atomic E-state index is 4.25. The van der Waals surface area contributed by atoms with Crippen molar-refractivity contribution in [2.24, 2.45) is 0 Å². The summed E-state index contributed by atoms with van der Waals surface area (Å²) in [4.78, 5) is 10.6. The van der Waals surface area contributed by atoms with Gasteiger partial charge >= 0.3 is 0 Å². The maximum absolute atomic E-state index is 4.25. The average Bonchev–Trinajstić information content (AvgIpc) is 2.96. The zero-order chi connectivity index (χ0) is 13.5. The minimum absolute atomic E-state index is 0.887. The second-order valence-electron chi connectivity index (χ2n) is 4.48. The summed E-state index contributed by atoms with van der Waals surface area (Å²) < 4.78 is 2.18. The summed E-state index contributed by atoms with van der Waals surface area (Å²) in [5.74, 6) is 1.84. The first kappa shape index (κ1) is 13.4. The van der Waals surface area contributed by atoms with Gasteiger partial charge in [0, 0.05) is 45.1 Å². The standard InChI is InChI=1S/C14H21N5/c1-3-18(2)14-11-13(16-12-17-14)15-7-6-10-19-8-4-5-9-19/h4-5,8-9,11-12H,3,6-7,10H2,1-2H3,(H,15,16,17). The van der Waals surface area contributed by atoms with Crippen molar-refractivity contribution >= 4 is 11.6 Å². The van der Waals surface area contributed by atoms with E-state index < -0.39 is 0 Å². The van der Waals surface area contributed by atoms with Gasteiger partial charge in [-0.15, -0.1) is 0 Å². The Hall–Kier alpha value is -2.04. The van der Waals surface area contributed by atoms with Crippen LogP contribution in [0.4, 0.5) is 11.6 Å². The van der Waals surface area contributed by atoms with Crippen molar-refractivity contribution in [1.29, 1.82) is 0 Å². The Morgan fingerprint density at radius 2 is 2.05 bits per heavy atom. The molecule has 5 nitrogen and oxygen atoms in total. The summed E-state index contributed by atoms with van der Waals surface area (Å²) in [5, 5.41) is 3.34. The minimum Gasteiger partial charge on any atom is -0.370 e. The third kappa shape index (κ3) is 3.98. The molecule has 2 aromatic heterocycles. The van der Waals surface area contributed by atoms with Gasteiger partial charge in [-0.25, -0.2) is 9.97 Å². The van der Waals surface area contributed by atoms with Crippen LogP contribution in [0.25, 0.3) is 0 Å². The molecule has 1 N–H and O–H groups in total. The Balaban J connectivity index is 1.79. The molecule has 0 unspecified atom stereocenters. The van der Waals surface area contributed by atoms with Crippen molar-refractivity contribution in [3.8, 4) is 0 Å². The van der Waals surface area contributed by atoms with Crippen molar-refractivity contribution in [1.82, 2.24) is 14.5 Å². The predicted octanol–water partition coefficient (Wildman–Crippen LogP) is 2.24. The Kier molecular flexibility index (Phi) is 4.78. The van der Waals surface area contributed by atoms with Gasteiger partial charge in [-0.05, 0) is 25.5 Å². The molecule has 0 aromatic carbocycles. The Morgan fingerprint density at radius 1 is 1.26 bits per heavy atom. The van der Waals surface area contributed by atoms with Crippen LogP contribution in [0.1, 0.15) is 13.3 Å². The van der Waals surface area contributed by atoms with Gasteiger partial charge in [0.1, 0.15) is 18.0 Å². The van der Waals surface area contributed by atoms with Crippen LogP contribution in [-0.4, -0.2) is 34.7 Å². The van der Waals surface area contributed by atoms with Gasteiger partial charge in [-0.3, -0.25) is 0 Å². The van der Waals surface area contributed by atoms with Gasteiger partial charge in [0.2, 0.25) is 0 Å². The number of aromatic nitrogens is 3. The fourth-order valence-corrected chi connectivity index (χ4v) is 1.81. The molecule has 0 aliphatic rings. The van der Waals surface area contributed by atoms with E-state index in [-0.39, 0.29) is 0 Å². The molecular formula is C14H21N5. The molecule has 0 bridgehead atoms. The highest BCUT2D eigenvalue weighted by molar-refractivity contribution is 5.47. The highest BCUT2D eigenvalue weighted by Crippen LogP contribution is 2.12. The Morgan fingerprint density at radius 3 is 2.79 bits per heavy atom. The first-order valence-corrected chi connectivity index (χ1v) is 6.67. The third-order valence-electron chi connectivity index (χ3n) is 3.08. The topological polar surface area (TPSA) is 46.0 Å². The molecule has 0 atom stereocenters. The lowest BCUT2D eigenvalue weighted by Gasteiger charge is -2.16. The molecule has 0 fully saturated rings. The molecule has 0 radical (unpaired) electrons. The van der Waals surface area contributed by atoms with E-state index in [1.807, 2.05) is 25.2 Å². The van der Waals surface area contributed by atoms with E-state index in [4.69, 9.17) is 0 Å². The van der Waals surface area contributed by atoms with Gasteiger partial charge in [0.05, 0.1) is 0 Å². The largest absolute Gasteiger partial charge is 0.370 e. The van der Waals surface area contributed by atoms with E-state index >= 15 is 0 Å². The van der Waals surface area contributed by atoms with Crippen LogP contribution in [0, 0.1) is 0 Å². The van der Waals surface area contributed by atoms with Gasteiger partial charge in [0.25, 0.3) is 0 Å². The van der Waals surface area contributed by atoms with Gasteiger partial charge < -0.3 is 14.8 Å². The minimum atomic E-state index is 0.887. The smallest absolute Gasteiger partial charge is 0.133 e. The molecule has 102 valence electrons. The van der Waals surface area contributed by atoms with Gasteiger partial charge in [0.15, 0.2) is 0 Å². The molecule has 2 heterocycles. The quantitative estimate of drug-likeness (QED) is 0.775. The molecule has 0 amide bonds. The molecule has 0 aliphatic heterocycles. The van der Waals surface area contributed by atoms with Crippen molar-refractivity contribution in [3.63, 3.8) is 0 Å². The molecular weight excluding hydrogens is 238 g/mol. The van der Waals surface area contributed by atoms with Gasteiger partial charge in [-0.1, -0.05) is 0 Å².